The lowest BCUT2D eigenvalue weighted by atomic mass is 9.96. The number of aromatic nitrogens is 1. The minimum atomic E-state index is 0.657. The van der Waals surface area contributed by atoms with Crippen molar-refractivity contribution < 1.29 is 0 Å². The molecule has 0 unspecified atom stereocenters. The molecule has 0 saturated heterocycles. The summed E-state index contributed by atoms with van der Waals surface area (Å²) in [5.41, 5.74) is 10.2. The Hall–Kier alpha value is -5.55. The third-order valence-electron chi connectivity index (χ3n) is 7.39. The first-order valence-corrected chi connectivity index (χ1v) is 14.0. The average Bonchev–Trinajstić information content (AvgIpc) is 3.48. The van der Waals surface area contributed by atoms with E-state index >= 15 is 0 Å². The summed E-state index contributed by atoms with van der Waals surface area (Å²) in [5.74, 6) is 0. The molecular weight excluding hydrogens is 518 g/mol. The van der Waals surface area contributed by atoms with Gasteiger partial charge >= 0.3 is 0 Å². The van der Waals surface area contributed by atoms with Crippen molar-refractivity contribution in [3.63, 3.8) is 0 Å². The van der Waals surface area contributed by atoms with Crippen LogP contribution in [-0.4, -0.2) is 4.98 Å². The number of nitriles is 2. The van der Waals surface area contributed by atoms with Gasteiger partial charge in [-0.05, 0) is 86.6 Å². The maximum atomic E-state index is 9.18. The van der Waals surface area contributed by atoms with Crippen LogP contribution in [-0.2, 0) is 0 Å². The van der Waals surface area contributed by atoms with E-state index in [1.54, 1.807) is 11.3 Å². The van der Waals surface area contributed by atoms with Gasteiger partial charge in [0.25, 0.3) is 0 Å². The Morgan fingerprint density at radius 1 is 0.439 bits per heavy atom. The second-order valence-electron chi connectivity index (χ2n) is 9.93. The zero-order valence-electron chi connectivity index (χ0n) is 21.9. The van der Waals surface area contributed by atoms with Crippen LogP contribution in [0.4, 0.5) is 0 Å². The predicted molar refractivity (Wildman–Crippen MR) is 168 cm³/mol. The van der Waals surface area contributed by atoms with Gasteiger partial charge in [0.15, 0.2) is 0 Å². The summed E-state index contributed by atoms with van der Waals surface area (Å²) in [4.78, 5) is 4.76. The van der Waals surface area contributed by atoms with Gasteiger partial charge in [0.1, 0.15) is 5.01 Å². The molecule has 0 N–H and O–H groups in total. The van der Waals surface area contributed by atoms with E-state index in [1.165, 1.54) is 27.5 Å². The number of benzene rings is 6. The Balaban J connectivity index is 1.12. The van der Waals surface area contributed by atoms with Gasteiger partial charge in [-0.3, -0.25) is 0 Å². The van der Waals surface area contributed by atoms with E-state index in [0.717, 1.165) is 37.5 Å². The molecule has 0 fully saturated rings. The molecular formula is C37H21N3S. The van der Waals surface area contributed by atoms with E-state index < -0.39 is 0 Å². The molecule has 41 heavy (non-hydrogen) atoms. The Morgan fingerprint density at radius 2 is 0.878 bits per heavy atom. The lowest BCUT2D eigenvalue weighted by molar-refractivity contribution is 1.46. The number of fused-ring (bicyclic) bond motifs is 2. The molecule has 1 heterocycles. The fourth-order valence-corrected chi connectivity index (χ4v) is 6.13. The van der Waals surface area contributed by atoms with Crippen LogP contribution in [0.15, 0.2) is 127 Å². The Morgan fingerprint density at radius 3 is 1.41 bits per heavy atom. The van der Waals surface area contributed by atoms with Crippen molar-refractivity contribution in [2.24, 2.45) is 0 Å². The summed E-state index contributed by atoms with van der Waals surface area (Å²) in [6.07, 6.45) is 0. The van der Waals surface area contributed by atoms with Gasteiger partial charge in [0.05, 0.1) is 33.5 Å². The Bertz CT molecular complexity index is 2140. The van der Waals surface area contributed by atoms with Crippen molar-refractivity contribution in [1.82, 2.24) is 4.98 Å². The Kier molecular flexibility index (Phi) is 6.10. The molecule has 6 aromatic carbocycles. The van der Waals surface area contributed by atoms with Crippen LogP contribution in [0.2, 0.25) is 0 Å². The highest BCUT2D eigenvalue weighted by molar-refractivity contribution is 7.21. The van der Waals surface area contributed by atoms with Gasteiger partial charge in [0, 0.05) is 5.56 Å². The summed E-state index contributed by atoms with van der Waals surface area (Å²) in [5, 5.41) is 21.6. The number of hydrogen-bond acceptors (Lipinski definition) is 4. The topological polar surface area (TPSA) is 60.5 Å². The highest BCUT2D eigenvalue weighted by atomic mass is 32.1. The summed E-state index contributed by atoms with van der Waals surface area (Å²) in [6, 6.07) is 48.0. The van der Waals surface area contributed by atoms with E-state index in [9.17, 15) is 5.26 Å². The largest absolute Gasteiger partial charge is 0.236 e. The molecule has 0 aliphatic rings. The highest BCUT2D eigenvalue weighted by Crippen LogP contribution is 2.34. The van der Waals surface area contributed by atoms with E-state index in [1.807, 2.05) is 42.5 Å². The molecule has 0 bridgehead atoms. The first kappa shape index (κ1) is 24.5. The molecule has 4 heteroatoms. The van der Waals surface area contributed by atoms with Gasteiger partial charge in [-0.15, -0.1) is 11.3 Å². The lowest BCUT2D eigenvalue weighted by Crippen LogP contribution is -1.83. The third kappa shape index (κ3) is 4.74. The predicted octanol–water partition coefficient (Wildman–Crippen LogP) is 9.86. The van der Waals surface area contributed by atoms with Gasteiger partial charge in [-0.1, -0.05) is 84.9 Å². The molecule has 7 rings (SSSR count). The zero-order chi connectivity index (χ0) is 27.8. The zero-order valence-corrected chi connectivity index (χ0v) is 22.7. The standard InChI is InChI=1S/C37H21N3S/c38-22-24-1-4-26(5-2-24)27-6-8-28(9-7-27)31-14-16-34-21-32(15-17-33(34)20-31)29-10-12-30(13-11-29)37-40-35-18-3-25(23-39)19-36(35)41-37/h1-21H. The number of hydrogen-bond donors (Lipinski definition) is 0. The summed E-state index contributed by atoms with van der Waals surface area (Å²) in [7, 11) is 0. The monoisotopic (exact) mass is 539 g/mol. The first-order chi connectivity index (χ1) is 20.2. The van der Waals surface area contributed by atoms with Crippen molar-refractivity contribution in [3.8, 4) is 56.1 Å². The molecule has 7 aromatic rings. The van der Waals surface area contributed by atoms with Crippen LogP contribution in [0, 0.1) is 22.7 Å². The smallest absolute Gasteiger partial charge is 0.124 e. The van der Waals surface area contributed by atoms with E-state index in [-0.39, 0.29) is 0 Å². The highest BCUT2D eigenvalue weighted by Gasteiger charge is 2.09. The van der Waals surface area contributed by atoms with Crippen LogP contribution in [0.5, 0.6) is 0 Å². The number of nitrogens with zero attached hydrogens (tertiary/aromatic N) is 3. The van der Waals surface area contributed by atoms with Crippen LogP contribution in [0.25, 0.3) is 64.9 Å². The van der Waals surface area contributed by atoms with E-state index in [2.05, 4.69) is 97.1 Å². The second kappa shape index (κ2) is 10.2. The fourth-order valence-electron chi connectivity index (χ4n) is 5.12. The quantitative estimate of drug-likeness (QED) is 0.224. The fraction of sp³-hybridized carbons (Fsp3) is 0. The normalized spacial score (nSPS) is 10.9. The molecule has 0 saturated carbocycles. The number of rotatable bonds is 4. The minimum absolute atomic E-state index is 0.657. The molecule has 1 aromatic heterocycles. The summed E-state index contributed by atoms with van der Waals surface area (Å²) >= 11 is 1.61. The average molecular weight is 540 g/mol. The maximum Gasteiger partial charge on any atom is 0.124 e. The maximum absolute atomic E-state index is 9.18. The van der Waals surface area contributed by atoms with Crippen LogP contribution < -0.4 is 0 Å². The SMILES string of the molecule is N#Cc1ccc(-c2ccc(-c3ccc4cc(-c5ccc(-c6nc7ccc(C#N)cc7s6)cc5)ccc4c3)cc2)cc1. The lowest BCUT2D eigenvalue weighted by Gasteiger charge is -2.09. The molecule has 0 amide bonds. The Labute approximate surface area is 241 Å². The molecule has 0 spiro atoms. The molecule has 3 nitrogen and oxygen atoms in total. The summed E-state index contributed by atoms with van der Waals surface area (Å²) in [6.45, 7) is 0. The van der Waals surface area contributed by atoms with Crippen LogP contribution in [0.3, 0.4) is 0 Å². The van der Waals surface area contributed by atoms with Crippen molar-refractivity contribution >= 4 is 32.3 Å². The molecule has 190 valence electrons. The minimum Gasteiger partial charge on any atom is -0.236 e. The van der Waals surface area contributed by atoms with Crippen LogP contribution >= 0.6 is 11.3 Å². The van der Waals surface area contributed by atoms with Crippen molar-refractivity contribution in [1.29, 1.82) is 10.5 Å². The van der Waals surface area contributed by atoms with Gasteiger partial charge in [-0.2, -0.15) is 10.5 Å². The van der Waals surface area contributed by atoms with Gasteiger partial charge in [0.2, 0.25) is 0 Å². The van der Waals surface area contributed by atoms with Gasteiger partial charge in [-0.25, -0.2) is 4.98 Å². The van der Waals surface area contributed by atoms with Gasteiger partial charge < -0.3 is 0 Å². The van der Waals surface area contributed by atoms with Crippen molar-refractivity contribution in [2.75, 3.05) is 0 Å². The third-order valence-corrected chi connectivity index (χ3v) is 8.46. The molecule has 0 aliphatic carbocycles. The van der Waals surface area contributed by atoms with Crippen molar-refractivity contribution in [3.05, 3.63) is 139 Å². The van der Waals surface area contributed by atoms with E-state index in [4.69, 9.17) is 10.2 Å². The molecule has 0 radical (unpaired) electrons. The van der Waals surface area contributed by atoms with Crippen molar-refractivity contribution in [2.45, 2.75) is 0 Å². The van der Waals surface area contributed by atoms with Crippen LogP contribution in [0.1, 0.15) is 11.1 Å². The summed E-state index contributed by atoms with van der Waals surface area (Å²) < 4.78 is 1.03. The number of thiazole rings is 1. The molecule has 0 aliphatic heterocycles. The molecule has 0 atom stereocenters. The van der Waals surface area contributed by atoms with E-state index in [0.29, 0.717) is 11.1 Å². The second-order valence-corrected chi connectivity index (χ2v) is 11.0. The first-order valence-electron chi connectivity index (χ1n) is 13.2.